The van der Waals surface area contributed by atoms with Crippen LogP contribution in [0.5, 0.6) is 0 Å². The van der Waals surface area contributed by atoms with Gasteiger partial charge in [-0.3, -0.25) is 4.79 Å². The van der Waals surface area contributed by atoms with Gasteiger partial charge in [-0.2, -0.15) is 0 Å². The summed E-state index contributed by atoms with van der Waals surface area (Å²) >= 11 is 7.30. The van der Waals surface area contributed by atoms with Crippen molar-refractivity contribution in [2.24, 2.45) is 0 Å². The molecular formula is C16H20ClN5O3S. The van der Waals surface area contributed by atoms with Crippen LogP contribution in [-0.4, -0.2) is 39.1 Å². The number of carbonyl (C=O) groups excluding carboxylic acids is 2. The summed E-state index contributed by atoms with van der Waals surface area (Å²) in [6.45, 7) is 5.89. The van der Waals surface area contributed by atoms with Gasteiger partial charge >= 0.3 is 6.09 Å². The minimum Gasteiger partial charge on any atom is -0.444 e. The van der Waals surface area contributed by atoms with Crippen molar-refractivity contribution < 1.29 is 14.3 Å². The molecule has 10 heteroatoms. The molecule has 0 atom stereocenters. The first kappa shape index (κ1) is 20.1. The molecule has 0 unspecified atom stereocenters. The Bertz CT molecular complexity index is 761. The second-order valence-electron chi connectivity index (χ2n) is 6.26. The average molecular weight is 398 g/mol. The molecule has 0 bridgehead atoms. The number of hydrogen-bond acceptors (Lipinski definition) is 7. The molecule has 0 saturated carbocycles. The number of nitrogens with one attached hydrogen (secondary N) is 2. The summed E-state index contributed by atoms with van der Waals surface area (Å²) in [5.41, 5.74) is -0.401. The van der Waals surface area contributed by atoms with Crippen LogP contribution in [0.4, 0.5) is 4.79 Å². The summed E-state index contributed by atoms with van der Waals surface area (Å²) in [7, 11) is 0. The summed E-state index contributed by atoms with van der Waals surface area (Å²) in [6.07, 6.45) is 3.14. The lowest BCUT2D eigenvalue weighted by Gasteiger charge is -2.19. The van der Waals surface area contributed by atoms with Crippen LogP contribution in [0.15, 0.2) is 18.5 Å². The van der Waals surface area contributed by atoms with Crippen molar-refractivity contribution in [3.05, 3.63) is 39.3 Å². The zero-order chi connectivity index (χ0) is 19.2. The Labute approximate surface area is 160 Å². The standard InChI is InChI=1S/C16H20ClN5O3S/c1-16(2,3)25-15(24)20-8-5-11-22-12(13(17)26-11)14(23)21-9-10-18-6-4-7-19-10/h4,6-7H,5,8-9H2,1-3H3,(H,20,24)(H,21,23). The third-order valence-electron chi connectivity index (χ3n) is 2.88. The molecule has 0 aliphatic heterocycles. The van der Waals surface area contributed by atoms with E-state index in [9.17, 15) is 9.59 Å². The second-order valence-corrected chi connectivity index (χ2v) is 7.94. The van der Waals surface area contributed by atoms with Crippen LogP contribution >= 0.6 is 22.9 Å². The summed E-state index contributed by atoms with van der Waals surface area (Å²) in [5, 5.41) is 5.96. The maximum Gasteiger partial charge on any atom is 0.407 e. The number of ether oxygens (including phenoxy) is 1. The Balaban J connectivity index is 1.84. The highest BCUT2D eigenvalue weighted by atomic mass is 35.5. The SMILES string of the molecule is CC(C)(C)OC(=O)NCCc1nc(C(=O)NCc2ncccn2)c(Cl)s1. The van der Waals surface area contributed by atoms with Crippen molar-refractivity contribution in [2.75, 3.05) is 6.54 Å². The highest BCUT2D eigenvalue weighted by Gasteiger charge is 2.18. The fourth-order valence-electron chi connectivity index (χ4n) is 1.84. The first-order chi connectivity index (χ1) is 12.2. The first-order valence-corrected chi connectivity index (χ1v) is 9.10. The van der Waals surface area contributed by atoms with Crippen molar-refractivity contribution in [3.63, 3.8) is 0 Å². The molecule has 2 heterocycles. The lowest BCUT2D eigenvalue weighted by atomic mass is 10.2. The van der Waals surface area contributed by atoms with Crippen LogP contribution in [0, 0.1) is 0 Å². The number of carbonyl (C=O) groups is 2. The molecule has 0 spiro atoms. The molecule has 2 amide bonds. The fourth-order valence-corrected chi connectivity index (χ4v) is 3.02. The number of thiazole rings is 1. The van der Waals surface area contributed by atoms with Gasteiger partial charge in [-0.25, -0.2) is 19.7 Å². The molecular weight excluding hydrogens is 378 g/mol. The van der Waals surface area contributed by atoms with Crippen LogP contribution in [0.3, 0.4) is 0 Å². The van der Waals surface area contributed by atoms with Gasteiger partial charge in [0.15, 0.2) is 5.69 Å². The lowest BCUT2D eigenvalue weighted by molar-refractivity contribution is 0.0528. The first-order valence-electron chi connectivity index (χ1n) is 7.91. The van der Waals surface area contributed by atoms with Crippen LogP contribution < -0.4 is 10.6 Å². The van der Waals surface area contributed by atoms with E-state index in [0.29, 0.717) is 28.1 Å². The molecule has 0 saturated heterocycles. The van der Waals surface area contributed by atoms with E-state index >= 15 is 0 Å². The minimum atomic E-state index is -0.553. The van der Waals surface area contributed by atoms with Crippen molar-refractivity contribution in [3.8, 4) is 0 Å². The van der Waals surface area contributed by atoms with Gasteiger partial charge in [-0.05, 0) is 26.8 Å². The van der Waals surface area contributed by atoms with Crippen LogP contribution in [0.25, 0.3) is 0 Å². The average Bonchev–Trinajstić information content (AvgIpc) is 2.93. The molecule has 2 N–H and O–H groups in total. The van der Waals surface area contributed by atoms with E-state index in [1.807, 2.05) is 0 Å². The molecule has 2 aromatic rings. The molecule has 2 rings (SSSR count). The van der Waals surface area contributed by atoms with Gasteiger partial charge in [0.05, 0.1) is 11.6 Å². The van der Waals surface area contributed by atoms with Gasteiger partial charge in [0, 0.05) is 25.4 Å². The highest BCUT2D eigenvalue weighted by Crippen LogP contribution is 2.24. The number of alkyl carbamates (subject to hydrolysis) is 1. The number of aromatic nitrogens is 3. The van der Waals surface area contributed by atoms with E-state index < -0.39 is 17.6 Å². The molecule has 0 aliphatic rings. The Hall–Kier alpha value is -2.26. The number of halogens is 1. The summed E-state index contributed by atoms with van der Waals surface area (Å²) in [4.78, 5) is 36.1. The molecule has 0 radical (unpaired) electrons. The van der Waals surface area contributed by atoms with E-state index in [1.165, 1.54) is 11.3 Å². The largest absolute Gasteiger partial charge is 0.444 e. The Morgan fingerprint density at radius 3 is 2.58 bits per heavy atom. The van der Waals surface area contributed by atoms with Gasteiger partial charge in [0.1, 0.15) is 15.8 Å². The van der Waals surface area contributed by atoms with Gasteiger partial charge in [0.2, 0.25) is 0 Å². The summed E-state index contributed by atoms with van der Waals surface area (Å²) in [6, 6.07) is 1.69. The van der Waals surface area contributed by atoms with Gasteiger partial charge < -0.3 is 15.4 Å². The molecule has 0 fully saturated rings. The topological polar surface area (TPSA) is 106 Å². The quantitative estimate of drug-likeness (QED) is 0.775. The molecule has 2 aromatic heterocycles. The molecule has 26 heavy (non-hydrogen) atoms. The Morgan fingerprint density at radius 2 is 1.92 bits per heavy atom. The molecule has 8 nitrogen and oxygen atoms in total. The second kappa shape index (κ2) is 8.91. The van der Waals surface area contributed by atoms with Crippen molar-refractivity contribution in [2.45, 2.75) is 39.3 Å². The van der Waals surface area contributed by atoms with E-state index in [1.54, 1.807) is 39.2 Å². The number of nitrogens with zero attached hydrogens (tertiary/aromatic N) is 3. The normalized spacial score (nSPS) is 11.1. The number of amides is 2. The Kier molecular flexibility index (Phi) is 6.87. The third kappa shape index (κ3) is 6.57. The maximum absolute atomic E-state index is 12.2. The maximum atomic E-state index is 12.2. The third-order valence-corrected chi connectivity index (χ3v) is 4.19. The number of hydrogen-bond donors (Lipinski definition) is 2. The zero-order valence-corrected chi connectivity index (χ0v) is 16.3. The fraction of sp³-hybridized carbons (Fsp3) is 0.438. The minimum absolute atomic E-state index is 0.153. The van der Waals surface area contributed by atoms with Crippen LogP contribution in [-0.2, 0) is 17.7 Å². The van der Waals surface area contributed by atoms with Gasteiger partial charge in [0.25, 0.3) is 5.91 Å². The van der Waals surface area contributed by atoms with E-state index in [0.717, 1.165) is 0 Å². The zero-order valence-electron chi connectivity index (χ0n) is 14.7. The predicted octanol–water partition coefficient (Wildman–Crippen LogP) is 2.58. The van der Waals surface area contributed by atoms with Crippen molar-refractivity contribution in [1.82, 2.24) is 25.6 Å². The van der Waals surface area contributed by atoms with E-state index in [2.05, 4.69) is 25.6 Å². The highest BCUT2D eigenvalue weighted by molar-refractivity contribution is 7.16. The van der Waals surface area contributed by atoms with Gasteiger partial charge in [-0.1, -0.05) is 11.6 Å². The monoisotopic (exact) mass is 397 g/mol. The molecule has 0 aliphatic carbocycles. The Morgan fingerprint density at radius 1 is 1.23 bits per heavy atom. The smallest absolute Gasteiger partial charge is 0.407 e. The molecule has 140 valence electrons. The van der Waals surface area contributed by atoms with Crippen molar-refractivity contribution >= 4 is 34.9 Å². The van der Waals surface area contributed by atoms with Crippen molar-refractivity contribution in [1.29, 1.82) is 0 Å². The lowest BCUT2D eigenvalue weighted by Crippen LogP contribution is -2.33. The van der Waals surface area contributed by atoms with Crippen LogP contribution in [0.2, 0.25) is 4.34 Å². The summed E-state index contributed by atoms with van der Waals surface area (Å²) in [5.74, 6) is 0.0963. The van der Waals surface area contributed by atoms with Crippen LogP contribution in [0.1, 0.15) is 42.1 Å². The van der Waals surface area contributed by atoms with Gasteiger partial charge in [-0.15, -0.1) is 11.3 Å². The molecule has 0 aromatic carbocycles. The summed E-state index contributed by atoms with van der Waals surface area (Å²) < 4.78 is 5.44. The number of rotatable bonds is 6. The predicted molar refractivity (Wildman–Crippen MR) is 98.3 cm³/mol. The van der Waals surface area contributed by atoms with E-state index in [4.69, 9.17) is 16.3 Å². The van der Waals surface area contributed by atoms with E-state index in [-0.39, 0.29) is 12.2 Å².